The van der Waals surface area contributed by atoms with Crippen LogP contribution in [-0.4, -0.2) is 18.9 Å². The molecule has 2 atom stereocenters. The van der Waals surface area contributed by atoms with Gasteiger partial charge in [-0.1, -0.05) is 78.3 Å². The van der Waals surface area contributed by atoms with Crippen molar-refractivity contribution in [3.05, 3.63) is 119 Å². The summed E-state index contributed by atoms with van der Waals surface area (Å²) in [6.07, 6.45) is -0.0845. The maximum atomic E-state index is 6.13. The summed E-state index contributed by atoms with van der Waals surface area (Å²) in [5.74, 6) is 0.860. The van der Waals surface area contributed by atoms with Crippen molar-refractivity contribution in [2.45, 2.75) is 19.1 Å². The normalized spacial score (nSPS) is 17.7. The average molecular weight is 453 g/mol. The maximum Gasteiger partial charge on any atom is 0.148 e. The van der Waals surface area contributed by atoms with E-state index in [2.05, 4.69) is 84.6 Å². The van der Waals surface area contributed by atoms with Crippen LogP contribution in [0, 0.1) is 0 Å². The number of nitrogens with zero attached hydrogens (tertiary/aromatic N) is 2. The lowest BCUT2D eigenvalue weighted by atomic mass is 10.0. The maximum absolute atomic E-state index is 6.13. The quantitative estimate of drug-likeness (QED) is 0.315. The lowest BCUT2D eigenvalue weighted by Gasteiger charge is -2.30. The summed E-state index contributed by atoms with van der Waals surface area (Å²) in [6, 6.07) is 35.4. The van der Waals surface area contributed by atoms with Crippen LogP contribution in [0.25, 0.3) is 11.1 Å². The van der Waals surface area contributed by atoms with Crippen molar-refractivity contribution in [1.29, 1.82) is 0 Å². The molecule has 4 heteroatoms. The number of aliphatic imine (C=N–C) groups is 1. The molecule has 3 nitrogen and oxygen atoms in total. The minimum Gasteiger partial charge on any atom is -0.497 e. The molecule has 4 aromatic carbocycles. The number of rotatable bonds is 5. The third-order valence-electron chi connectivity index (χ3n) is 6.16. The zero-order chi connectivity index (χ0) is 22.8. The van der Waals surface area contributed by atoms with Gasteiger partial charge in [-0.3, -0.25) is 4.99 Å². The van der Waals surface area contributed by atoms with Gasteiger partial charge in [0.2, 0.25) is 0 Å². The number of benzene rings is 4. The van der Waals surface area contributed by atoms with Crippen molar-refractivity contribution in [3.63, 3.8) is 0 Å². The third-order valence-corrected chi connectivity index (χ3v) is 6.42. The van der Waals surface area contributed by atoms with Crippen LogP contribution in [-0.2, 0) is 0 Å². The molecule has 1 aliphatic heterocycles. The highest BCUT2D eigenvalue weighted by Crippen LogP contribution is 2.38. The molecule has 2 unspecified atom stereocenters. The minimum atomic E-state index is -0.0845. The van der Waals surface area contributed by atoms with Gasteiger partial charge in [0, 0.05) is 10.7 Å². The number of methoxy groups -OCH3 is 1. The van der Waals surface area contributed by atoms with Gasteiger partial charge in [0.25, 0.3) is 0 Å². The lowest BCUT2D eigenvalue weighted by molar-refractivity contribution is 0.415. The number of ether oxygens (including phenoxy) is 1. The second-order valence-corrected chi connectivity index (χ2v) is 8.60. The average Bonchev–Trinajstić information content (AvgIpc) is 3.22. The van der Waals surface area contributed by atoms with Gasteiger partial charge in [-0.2, -0.15) is 0 Å². The Morgan fingerprint density at radius 1 is 0.727 bits per heavy atom. The molecule has 0 fully saturated rings. The summed E-state index contributed by atoms with van der Waals surface area (Å²) in [5, 5.41) is 0.732. The summed E-state index contributed by atoms with van der Waals surface area (Å²) in [6.45, 7) is 2.22. The van der Waals surface area contributed by atoms with E-state index in [4.69, 9.17) is 21.3 Å². The van der Waals surface area contributed by atoms with E-state index in [-0.39, 0.29) is 12.2 Å². The standard InChI is InChI=1S/C29H25ClN2O/c1-20-28(23-8-14-25(30)15-9-23)31-29(24-6-4-3-5-7-24)32(20)26-16-10-21(11-17-26)22-12-18-27(33-2)19-13-22/h3-20,29H,1-2H3. The molecule has 0 N–H and O–H groups in total. The van der Waals surface area contributed by atoms with E-state index in [0.29, 0.717) is 0 Å². The molecule has 0 saturated heterocycles. The highest BCUT2D eigenvalue weighted by atomic mass is 35.5. The summed E-state index contributed by atoms with van der Waals surface area (Å²) in [7, 11) is 1.69. The molecule has 33 heavy (non-hydrogen) atoms. The Morgan fingerprint density at radius 2 is 1.30 bits per heavy atom. The predicted octanol–water partition coefficient (Wildman–Crippen LogP) is 7.41. The van der Waals surface area contributed by atoms with Crippen molar-refractivity contribution < 1.29 is 4.74 Å². The van der Waals surface area contributed by atoms with E-state index in [9.17, 15) is 0 Å². The smallest absolute Gasteiger partial charge is 0.148 e. The van der Waals surface area contributed by atoms with Crippen molar-refractivity contribution in [1.82, 2.24) is 0 Å². The van der Waals surface area contributed by atoms with E-state index in [1.165, 1.54) is 11.1 Å². The molecule has 164 valence electrons. The Balaban J connectivity index is 1.50. The largest absolute Gasteiger partial charge is 0.497 e. The lowest BCUT2D eigenvalue weighted by Crippen LogP contribution is -2.35. The van der Waals surface area contributed by atoms with Crippen molar-refractivity contribution in [3.8, 4) is 16.9 Å². The first-order valence-electron chi connectivity index (χ1n) is 11.1. The molecule has 0 saturated carbocycles. The summed E-state index contributed by atoms with van der Waals surface area (Å²) in [5.41, 5.74) is 6.82. The predicted molar refractivity (Wildman–Crippen MR) is 138 cm³/mol. The monoisotopic (exact) mass is 452 g/mol. The van der Waals surface area contributed by atoms with Crippen LogP contribution in [0.2, 0.25) is 5.02 Å². The number of halogens is 1. The Morgan fingerprint density at radius 3 is 1.91 bits per heavy atom. The van der Waals surface area contributed by atoms with E-state index in [1.54, 1.807) is 7.11 Å². The Kier molecular flexibility index (Phi) is 5.89. The molecular formula is C29H25ClN2O. The molecule has 0 radical (unpaired) electrons. The van der Waals surface area contributed by atoms with Crippen LogP contribution >= 0.6 is 11.6 Å². The van der Waals surface area contributed by atoms with E-state index in [1.807, 2.05) is 30.3 Å². The third kappa shape index (κ3) is 4.24. The van der Waals surface area contributed by atoms with E-state index in [0.717, 1.165) is 33.3 Å². The fraction of sp³-hybridized carbons (Fsp3) is 0.138. The van der Waals surface area contributed by atoms with Gasteiger partial charge in [0.05, 0.1) is 18.9 Å². The van der Waals surface area contributed by atoms with Gasteiger partial charge >= 0.3 is 0 Å². The van der Waals surface area contributed by atoms with Gasteiger partial charge in [-0.05, 0) is 65.6 Å². The van der Waals surface area contributed by atoms with Crippen LogP contribution in [0.4, 0.5) is 5.69 Å². The van der Waals surface area contributed by atoms with Gasteiger partial charge in [-0.25, -0.2) is 0 Å². The first-order chi connectivity index (χ1) is 16.1. The van der Waals surface area contributed by atoms with Crippen LogP contribution < -0.4 is 9.64 Å². The van der Waals surface area contributed by atoms with Gasteiger partial charge in [0.15, 0.2) is 0 Å². The van der Waals surface area contributed by atoms with Crippen molar-refractivity contribution >= 4 is 23.0 Å². The van der Waals surface area contributed by atoms with Crippen LogP contribution in [0.15, 0.2) is 108 Å². The molecule has 4 aromatic rings. The molecule has 1 aliphatic rings. The Hall–Kier alpha value is -3.56. The number of anilines is 1. The number of hydrogen-bond acceptors (Lipinski definition) is 3. The fourth-order valence-electron chi connectivity index (χ4n) is 4.42. The Labute approximate surface area is 199 Å². The Bertz CT molecular complexity index is 1250. The molecule has 0 bridgehead atoms. The summed E-state index contributed by atoms with van der Waals surface area (Å²) < 4.78 is 5.28. The molecule has 0 aromatic heterocycles. The zero-order valence-electron chi connectivity index (χ0n) is 18.7. The molecule has 0 amide bonds. The second kappa shape index (κ2) is 9.13. The molecule has 1 heterocycles. The van der Waals surface area contributed by atoms with Gasteiger partial charge in [-0.15, -0.1) is 0 Å². The minimum absolute atomic E-state index is 0.0845. The fourth-order valence-corrected chi connectivity index (χ4v) is 4.54. The second-order valence-electron chi connectivity index (χ2n) is 8.16. The molecule has 0 spiro atoms. The van der Waals surface area contributed by atoms with Crippen LogP contribution in [0.3, 0.4) is 0 Å². The summed E-state index contributed by atoms with van der Waals surface area (Å²) in [4.78, 5) is 7.57. The van der Waals surface area contributed by atoms with E-state index >= 15 is 0 Å². The van der Waals surface area contributed by atoms with Crippen LogP contribution in [0.5, 0.6) is 5.75 Å². The van der Waals surface area contributed by atoms with Crippen molar-refractivity contribution in [2.75, 3.05) is 12.0 Å². The molecular weight excluding hydrogens is 428 g/mol. The van der Waals surface area contributed by atoms with Crippen LogP contribution in [0.1, 0.15) is 24.2 Å². The van der Waals surface area contributed by atoms with E-state index < -0.39 is 0 Å². The summed E-state index contributed by atoms with van der Waals surface area (Å²) >= 11 is 6.13. The molecule has 0 aliphatic carbocycles. The highest BCUT2D eigenvalue weighted by Gasteiger charge is 2.35. The zero-order valence-corrected chi connectivity index (χ0v) is 19.4. The molecule has 5 rings (SSSR count). The van der Waals surface area contributed by atoms with Crippen molar-refractivity contribution in [2.24, 2.45) is 4.99 Å². The number of hydrogen-bond donors (Lipinski definition) is 0. The highest BCUT2D eigenvalue weighted by molar-refractivity contribution is 6.30. The first-order valence-corrected chi connectivity index (χ1v) is 11.4. The SMILES string of the molecule is COc1ccc(-c2ccc(N3C(C)C(c4ccc(Cl)cc4)=NC3c3ccccc3)cc2)cc1. The first kappa shape index (κ1) is 21.3. The van der Waals surface area contributed by atoms with Gasteiger partial charge < -0.3 is 9.64 Å². The topological polar surface area (TPSA) is 24.8 Å². The van der Waals surface area contributed by atoms with Gasteiger partial charge in [0.1, 0.15) is 11.9 Å².